The van der Waals surface area contributed by atoms with Crippen molar-refractivity contribution in [2.75, 3.05) is 0 Å². The van der Waals surface area contributed by atoms with Gasteiger partial charge in [-0.1, -0.05) is 18.0 Å². The predicted octanol–water partition coefficient (Wildman–Crippen LogP) is 2.13. The molecule has 1 fully saturated rings. The van der Waals surface area contributed by atoms with E-state index in [-0.39, 0.29) is 16.7 Å². The van der Waals surface area contributed by atoms with Crippen LogP contribution in [-0.2, 0) is 15.6 Å². The number of hydrogen-bond donors (Lipinski definition) is 2. The van der Waals surface area contributed by atoms with E-state index < -0.39 is 21.1 Å². The average molecular weight is 354 g/mol. The summed E-state index contributed by atoms with van der Waals surface area (Å²) in [5, 5.41) is 3.74. The minimum absolute atomic E-state index is 0.124. The zero-order valence-corrected chi connectivity index (χ0v) is 14.8. The normalized spacial score (nSPS) is 18.2. The van der Waals surface area contributed by atoms with E-state index in [1.807, 2.05) is 0 Å². The number of nitrogens with zero attached hydrogens (tertiary/aromatic N) is 2. The molecular formula is C15H22N4O4S. The second-order valence-corrected chi connectivity index (χ2v) is 8.87. The van der Waals surface area contributed by atoms with Crippen molar-refractivity contribution in [3.05, 3.63) is 18.0 Å². The average Bonchev–Trinajstić information content (AvgIpc) is 3.16. The zero-order valence-electron chi connectivity index (χ0n) is 14.0. The van der Waals surface area contributed by atoms with E-state index in [0.29, 0.717) is 5.82 Å². The fraction of sp³-hybridized carbons (Fsp3) is 0.600. The molecule has 0 spiro atoms. The molecule has 1 aliphatic carbocycles. The molecule has 0 bridgehead atoms. The smallest absolute Gasteiger partial charge is 0.293 e. The van der Waals surface area contributed by atoms with Gasteiger partial charge in [-0.25, -0.2) is 13.1 Å². The van der Waals surface area contributed by atoms with E-state index >= 15 is 0 Å². The molecule has 3 N–H and O–H groups in total. The molecule has 0 amide bonds. The van der Waals surface area contributed by atoms with Crippen LogP contribution in [0.1, 0.15) is 52.3 Å². The Morgan fingerprint density at radius 1 is 1.25 bits per heavy atom. The van der Waals surface area contributed by atoms with Gasteiger partial charge in [0.15, 0.2) is 11.6 Å². The first-order chi connectivity index (χ1) is 11.1. The van der Waals surface area contributed by atoms with Gasteiger partial charge in [0.25, 0.3) is 15.9 Å². The van der Waals surface area contributed by atoms with E-state index in [2.05, 4.69) is 14.9 Å². The molecule has 0 aromatic carbocycles. The SMILES string of the molecule is CC(C)(C)NS(=O)(=O)c1ccc(-c2nc(C3(N)CCCC3)no2)o1. The summed E-state index contributed by atoms with van der Waals surface area (Å²) in [4.78, 5) is 4.29. The Labute approximate surface area is 140 Å². The van der Waals surface area contributed by atoms with Gasteiger partial charge in [0, 0.05) is 5.54 Å². The fourth-order valence-electron chi connectivity index (χ4n) is 2.79. The van der Waals surface area contributed by atoms with Gasteiger partial charge in [0.2, 0.25) is 5.09 Å². The molecule has 2 aromatic rings. The minimum atomic E-state index is -3.76. The van der Waals surface area contributed by atoms with Crippen molar-refractivity contribution >= 4 is 10.0 Å². The van der Waals surface area contributed by atoms with Crippen LogP contribution in [0.15, 0.2) is 26.2 Å². The first-order valence-corrected chi connectivity index (χ1v) is 9.35. The molecule has 1 aliphatic rings. The number of furan rings is 1. The van der Waals surface area contributed by atoms with Gasteiger partial charge in [0.1, 0.15) is 0 Å². The summed E-state index contributed by atoms with van der Waals surface area (Å²) in [7, 11) is -3.76. The Balaban J connectivity index is 1.85. The largest absolute Gasteiger partial charge is 0.438 e. The summed E-state index contributed by atoms with van der Waals surface area (Å²) in [5.41, 5.74) is 5.11. The molecule has 1 saturated carbocycles. The fourth-order valence-corrected chi connectivity index (χ4v) is 4.14. The molecule has 2 heterocycles. The lowest BCUT2D eigenvalue weighted by molar-refractivity contribution is 0.363. The molecule has 0 aliphatic heterocycles. The van der Waals surface area contributed by atoms with Gasteiger partial charge in [-0.3, -0.25) is 0 Å². The molecule has 8 nitrogen and oxygen atoms in total. The van der Waals surface area contributed by atoms with Crippen molar-refractivity contribution in [1.82, 2.24) is 14.9 Å². The topological polar surface area (TPSA) is 124 Å². The standard InChI is InChI=1S/C15H22N4O4S/c1-14(2,3)19-24(20,21)11-7-6-10(22-11)12-17-13(18-23-12)15(16)8-4-5-9-15/h6-7,19H,4-5,8-9,16H2,1-3H3. The monoisotopic (exact) mass is 354 g/mol. The zero-order chi connectivity index (χ0) is 17.6. The number of rotatable bonds is 4. The first kappa shape index (κ1) is 17.1. The van der Waals surface area contributed by atoms with Crippen LogP contribution >= 0.6 is 0 Å². The third-order valence-electron chi connectivity index (χ3n) is 3.86. The maximum absolute atomic E-state index is 12.3. The quantitative estimate of drug-likeness (QED) is 0.861. The van der Waals surface area contributed by atoms with Crippen LogP contribution in [0.25, 0.3) is 11.7 Å². The Hall–Kier alpha value is -1.71. The highest BCUT2D eigenvalue weighted by Gasteiger charge is 2.36. The highest BCUT2D eigenvalue weighted by atomic mass is 32.2. The maximum Gasteiger partial charge on any atom is 0.293 e. The van der Waals surface area contributed by atoms with Crippen LogP contribution in [0.2, 0.25) is 0 Å². The summed E-state index contributed by atoms with van der Waals surface area (Å²) < 4.78 is 37.7. The van der Waals surface area contributed by atoms with Gasteiger partial charge in [0.05, 0.1) is 5.54 Å². The molecule has 2 aromatic heterocycles. The van der Waals surface area contributed by atoms with Crippen LogP contribution in [0.3, 0.4) is 0 Å². The Bertz CT molecular complexity index is 826. The Morgan fingerprint density at radius 3 is 2.54 bits per heavy atom. The predicted molar refractivity (Wildman–Crippen MR) is 86.4 cm³/mol. The van der Waals surface area contributed by atoms with Crippen LogP contribution in [-0.4, -0.2) is 24.1 Å². The molecule has 0 unspecified atom stereocenters. The summed E-state index contributed by atoms with van der Waals surface area (Å²) in [6.45, 7) is 5.25. The molecule has 3 rings (SSSR count). The van der Waals surface area contributed by atoms with Crippen molar-refractivity contribution < 1.29 is 17.4 Å². The van der Waals surface area contributed by atoms with Crippen molar-refractivity contribution in [2.45, 2.75) is 62.6 Å². The number of nitrogens with one attached hydrogen (secondary N) is 1. The second-order valence-electron chi connectivity index (χ2n) is 7.26. The number of nitrogens with two attached hydrogens (primary N) is 1. The van der Waals surface area contributed by atoms with Crippen LogP contribution < -0.4 is 10.5 Å². The van der Waals surface area contributed by atoms with E-state index in [1.54, 1.807) is 20.8 Å². The van der Waals surface area contributed by atoms with E-state index in [9.17, 15) is 8.42 Å². The van der Waals surface area contributed by atoms with Crippen molar-refractivity contribution in [3.8, 4) is 11.7 Å². The van der Waals surface area contributed by atoms with E-state index in [4.69, 9.17) is 14.7 Å². The van der Waals surface area contributed by atoms with Gasteiger partial charge < -0.3 is 14.7 Å². The van der Waals surface area contributed by atoms with Gasteiger partial charge >= 0.3 is 0 Å². The third-order valence-corrected chi connectivity index (χ3v) is 5.49. The molecular weight excluding hydrogens is 332 g/mol. The number of sulfonamides is 1. The lowest BCUT2D eigenvalue weighted by atomic mass is 9.99. The van der Waals surface area contributed by atoms with E-state index in [1.165, 1.54) is 12.1 Å². The number of aromatic nitrogens is 2. The molecule has 9 heteroatoms. The van der Waals surface area contributed by atoms with Gasteiger partial charge in [-0.05, 0) is 45.7 Å². The van der Waals surface area contributed by atoms with Crippen molar-refractivity contribution in [1.29, 1.82) is 0 Å². The lowest BCUT2D eigenvalue weighted by Crippen LogP contribution is -2.40. The van der Waals surface area contributed by atoms with Gasteiger partial charge in [-0.2, -0.15) is 4.98 Å². The summed E-state index contributed by atoms with van der Waals surface area (Å²) >= 11 is 0. The summed E-state index contributed by atoms with van der Waals surface area (Å²) in [6, 6.07) is 2.85. The maximum atomic E-state index is 12.3. The molecule has 0 saturated heterocycles. The summed E-state index contributed by atoms with van der Waals surface area (Å²) in [6.07, 6.45) is 3.67. The van der Waals surface area contributed by atoms with Gasteiger partial charge in [-0.15, -0.1) is 0 Å². The Morgan fingerprint density at radius 2 is 1.92 bits per heavy atom. The molecule has 0 radical (unpaired) electrons. The molecule has 0 atom stereocenters. The van der Waals surface area contributed by atoms with E-state index in [0.717, 1.165) is 25.7 Å². The number of hydrogen-bond acceptors (Lipinski definition) is 7. The van der Waals surface area contributed by atoms with Crippen molar-refractivity contribution in [2.24, 2.45) is 5.73 Å². The van der Waals surface area contributed by atoms with Crippen LogP contribution in [0, 0.1) is 0 Å². The summed E-state index contributed by atoms with van der Waals surface area (Å²) in [5.74, 6) is 0.757. The Kier molecular flexibility index (Phi) is 4.05. The van der Waals surface area contributed by atoms with Crippen LogP contribution in [0.4, 0.5) is 0 Å². The molecule has 24 heavy (non-hydrogen) atoms. The molecule has 132 valence electrons. The highest BCUT2D eigenvalue weighted by molar-refractivity contribution is 7.89. The van der Waals surface area contributed by atoms with Crippen molar-refractivity contribution in [3.63, 3.8) is 0 Å². The lowest BCUT2D eigenvalue weighted by Gasteiger charge is -2.18. The highest BCUT2D eigenvalue weighted by Crippen LogP contribution is 2.35. The second kappa shape index (κ2) is 5.68. The minimum Gasteiger partial charge on any atom is -0.438 e. The third kappa shape index (κ3) is 3.38. The van der Waals surface area contributed by atoms with Crippen LogP contribution in [0.5, 0.6) is 0 Å². The first-order valence-electron chi connectivity index (χ1n) is 7.86.